The van der Waals surface area contributed by atoms with E-state index in [1.54, 1.807) is 13.2 Å². The molecule has 1 amide bonds. The molecule has 0 radical (unpaired) electrons. The van der Waals surface area contributed by atoms with Crippen molar-refractivity contribution in [1.29, 1.82) is 0 Å². The Balaban J connectivity index is 1.54. The number of methoxy groups -OCH3 is 1. The maximum absolute atomic E-state index is 12.5. The van der Waals surface area contributed by atoms with Gasteiger partial charge in [0.1, 0.15) is 5.75 Å². The first-order valence-electron chi connectivity index (χ1n) is 9.37. The molecule has 4 aromatic rings. The van der Waals surface area contributed by atoms with E-state index < -0.39 is 0 Å². The molecule has 8 heteroatoms. The van der Waals surface area contributed by atoms with Crippen LogP contribution in [-0.2, 0) is 4.79 Å². The molecule has 0 fully saturated rings. The van der Waals surface area contributed by atoms with Crippen LogP contribution in [0.3, 0.4) is 0 Å². The van der Waals surface area contributed by atoms with Gasteiger partial charge in [-0.15, -0.1) is 10.2 Å². The van der Waals surface area contributed by atoms with Crippen LogP contribution in [0.15, 0.2) is 78.2 Å². The van der Waals surface area contributed by atoms with Crippen molar-refractivity contribution in [2.24, 2.45) is 0 Å². The predicted molar refractivity (Wildman–Crippen MR) is 118 cm³/mol. The van der Waals surface area contributed by atoms with Crippen molar-refractivity contribution >= 4 is 23.4 Å². The average Bonchev–Trinajstić information content (AvgIpc) is 3.42. The minimum atomic E-state index is -0.132. The van der Waals surface area contributed by atoms with E-state index >= 15 is 0 Å². The Labute approximate surface area is 178 Å². The molecule has 0 aliphatic carbocycles. The molecule has 0 atom stereocenters. The maximum Gasteiger partial charge on any atom is 0.234 e. The zero-order valence-electron chi connectivity index (χ0n) is 16.6. The van der Waals surface area contributed by atoms with Crippen molar-refractivity contribution in [3.63, 3.8) is 0 Å². The predicted octanol–water partition coefficient (Wildman–Crippen LogP) is 4.11. The lowest BCUT2D eigenvalue weighted by molar-refractivity contribution is -0.113. The fraction of sp³-hybridized carbons (Fsp3) is 0.136. The first-order chi connectivity index (χ1) is 14.6. The summed E-state index contributed by atoms with van der Waals surface area (Å²) in [6, 6.07) is 19.2. The smallest absolute Gasteiger partial charge is 0.234 e. The number of amides is 1. The second kappa shape index (κ2) is 8.87. The van der Waals surface area contributed by atoms with Crippen LogP contribution in [-0.4, -0.2) is 38.3 Å². The van der Waals surface area contributed by atoms with Gasteiger partial charge in [-0.3, -0.25) is 9.47 Å². The van der Waals surface area contributed by atoms with Crippen LogP contribution in [0, 0.1) is 6.92 Å². The molecular weight excluding hydrogens is 398 g/mol. The molecule has 0 saturated carbocycles. The van der Waals surface area contributed by atoms with E-state index in [2.05, 4.69) is 15.5 Å². The number of nitrogens with one attached hydrogen (secondary N) is 1. The highest BCUT2D eigenvalue weighted by molar-refractivity contribution is 7.99. The number of carbonyl (C=O) groups is 1. The maximum atomic E-state index is 12.5. The van der Waals surface area contributed by atoms with Gasteiger partial charge in [0.05, 0.1) is 12.9 Å². The van der Waals surface area contributed by atoms with Gasteiger partial charge in [0.25, 0.3) is 0 Å². The van der Waals surface area contributed by atoms with Crippen molar-refractivity contribution in [3.8, 4) is 17.1 Å². The van der Waals surface area contributed by atoms with Crippen molar-refractivity contribution in [2.75, 3.05) is 18.2 Å². The third-order valence-corrected chi connectivity index (χ3v) is 5.35. The molecule has 7 nitrogen and oxygen atoms in total. The third-order valence-electron chi connectivity index (χ3n) is 4.43. The van der Waals surface area contributed by atoms with E-state index in [4.69, 9.17) is 4.74 Å². The van der Waals surface area contributed by atoms with Gasteiger partial charge >= 0.3 is 0 Å². The quantitative estimate of drug-likeness (QED) is 0.457. The molecule has 152 valence electrons. The minimum absolute atomic E-state index is 0.132. The molecule has 2 heterocycles. The normalized spacial score (nSPS) is 10.7. The molecule has 0 unspecified atom stereocenters. The van der Waals surface area contributed by atoms with Gasteiger partial charge < -0.3 is 10.1 Å². The molecule has 0 aliphatic rings. The first-order valence-corrected chi connectivity index (χ1v) is 10.4. The average molecular weight is 420 g/mol. The number of ether oxygens (including phenoxy) is 1. The van der Waals surface area contributed by atoms with Crippen LogP contribution >= 0.6 is 11.8 Å². The van der Waals surface area contributed by atoms with Gasteiger partial charge in [0.15, 0.2) is 5.82 Å². The summed E-state index contributed by atoms with van der Waals surface area (Å²) in [6.07, 6.45) is 3.84. The Morgan fingerprint density at radius 3 is 2.57 bits per heavy atom. The molecule has 30 heavy (non-hydrogen) atoms. The van der Waals surface area contributed by atoms with E-state index in [0.29, 0.717) is 22.4 Å². The molecule has 2 aromatic carbocycles. The molecule has 0 bridgehead atoms. The topological polar surface area (TPSA) is 74.0 Å². The fourth-order valence-electron chi connectivity index (χ4n) is 2.93. The SMILES string of the molecule is COc1cccc(NC(=O)CSc2nnc(-c3ccc(C)cc3)n2-n2cccc2)c1. The van der Waals surface area contributed by atoms with Crippen molar-refractivity contribution in [2.45, 2.75) is 12.1 Å². The van der Waals surface area contributed by atoms with E-state index in [9.17, 15) is 4.79 Å². The zero-order valence-corrected chi connectivity index (χ0v) is 17.5. The number of anilines is 1. The lowest BCUT2D eigenvalue weighted by Gasteiger charge is -2.11. The van der Waals surface area contributed by atoms with Crippen molar-refractivity contribution in [1.82, 2.24) is 19.5 Å². The second-order valence-electron chi connectivity index (χ2n) is 6.62. The number of aromatic nitrogens is 4. The number of hydrogen-bond acceptors (Lipinski definition) is 5. The van der Waals surface area contributed by atoms with Gasteiger partial charge in [-0.2, -0.15) is 0 Å². The van der Waals surface area contributed by atoms with Gasteiger partial charge in [0, 0.05) is 29.7 Å². The van der Waals surface area contributed by atoms with Gasteiger partial charge in [-0.1, -0.05) is 47.7 Å². The Morgan fingerprint density at radius 1 is 1.07 bits per heavy atom. The van der Waals surface area contributed by atoms with E-state index in [1.807, 2.05) is 83.3 Å². The number of nitrogens with zero attached hydrogens (tertiary/aromatic N) is 4. The fourth-order valence-corrected chi connectivity index (χ4v) is 3.67. The van der Waals surface area contributed by atoms with E-state index in [1.165, 1.54) is 17.3 Å². The largest absolute Gasteiger partial charge is 0.497 e. The van der Waals surface area contributed by atoms with Crippen LogP contribution in [0.25, 0.3) is 11.4 Å². The number of thioether (sulfide) groups is 1. The summed E-state index contributed by atoms with van der Waals surface area (Å²) in [5, 5.41) is 12.2. The molecule has 0 saturated heterocycles. The van der Waals surface area contributed by atoms with Crippen LogP contribution in [0.2, 0.25) is 0 Å². The van der Waals surface area contributed by atoms with Crippen LogP contribution in [0.5, 0.6) is 5.75 Å². The molecule has 0 spiro atoms. The van der Waals surface area contributed by atoms with Crippen LogP contribution in [0.1, 0.15) is 5.56 Å². The van der Waals surface area contributed by atoms with Gasteiger partial charge in [0.2, 0.25) is 11.1 Å². The lowest BCUT2D eigenvalue weighted by atomic mass is 10.1. The minimum Gasteiger partial charge on any atom is -0.497 e. The summed E-state index contributed by atoms with van der Waals surface area (Å²) in [7, 11) is 1.59. The molecule has 0 aliphatic heterocycles. The highest BCUT2D eigenvalue weighted by Gasteiger charge is 2.17. The number of benzene rings is 2. The lowest BCUT2D eigenvalue weighted by Crippen LogP contribution is -2.15. The summed E-state index contributed by atoms with van der Waals surface area (Å²) >= 11 is 1.33. The highest BCUT2D eigenvalue weighted by Crippen LogP contribution is 2.25. The van der Waals surface area contributed by atoms with Crippen molar-refractivity contribution in [3.05, 3.63) is 78.6 Å². The summed E-state index contributed by atoms with van der Waals surface area (Å²) in [5.74, 6) is 1.47. The van der Waals surface area contributed by atoms with Gasteiger partial charge in [-0.25, -0.2) is 4.68 Å². The van der Waals surface area contributed by atoms with Crippen LogP contribution < -0.4 is 10.1 Å². The van der Waals surface area contributed by atoms with E-state index in [-0.39, 0.29) is 11.7 Å². The number of rotatable bonds is 7. The number of hydrogen-bond donors (Lipinski definition) is 1. The van der Waals surface area contributed by atoms with Crippen molar-refractivity contribution < 1.29 is 9.53 Å². The number of carbonyl (C=O) groups excluding carboxylic acids is 1. The summed E-state index contributed by atoms with van der Waals surface area (Å²) < 4.78 is 8.99. The van der Waals surface area contributed by atoms with Gasteiger partial charge in [-0.05, 0) is 31.2 Å². The summed E-state index contributed by atoms with van der Waals surface area (Å²) in [6.45, 7) is 2.04. The third kappa shape index (κ3) is 4.38. The first kappa shape index (κ1) is 19.8. The summed E-state index contributed by atoms with van der Waals surface area (Å²) in [4.78, 5) is 12.5. The zero-order chi connectivity index (χ0) is 20.9. The molecular formula is C22H21N5O2S. The number of aryl methyl sites for hydroxylation is 1. The van der Waals surface area contributed by atoms with E-state index in [0.717, 1.165) is 5.56 Å². The molecule has 4 rings (SSSR count). The standard InChI is InChI=1S/C22H21N5O2S/c1-16-8-10-17(11-9-16)21-24-25-22(27(21)26-12-3-4-13-26)30-15-20(28)23-18-6-5-7-19(14-18)29-2/h3-14H,15H2,1-2H3,(H,23,28). The Morgan fingerprint density at radius 2 is 1.83 bits per heavy atom. The molecule has 1 N–H and O–H groups in total. The molecule has 2 aromatic heterocycles. The Hall–Kier alpha value is -3.52. The highest BCUT2D eigenvalue weighted by atomic mass is 32.2. The second-order valence-corrected chi connectivity index (χ2v) is 7.56. The monoisotopic (exact) mass is 419 g/mol. The van der Waals surface area contributed by atoms with Crippen LogP contribution in [0.4, 0.5) is 5.69 Å². The Bertz CT molecular complexity index is 1140. The summed E-state index contributed by atoms with van der Waals surface area (Å²) in [5.41, 5.74) is 2.82. The Kier molecular flexibility index (Phi) is 5.85.